The summed E-state index contributed by atoms with van der Waals surface area (Å²) in [5.74, 6) is -0.213. The van der Waals surface area contributed by atoms with Gasteiger partial charge in [-0.15, -0.1) is 0 Å². The molecule has 0 saturated carbocycles. The normalized spacial score (nSPS) is 10.5. The predicted molar refractivity (Wildman–Crippen MR) is 82.6 cm³/mol. The molecule has 6 heteroatoms. The first-order valence-corrected chi connectivity index (χ1v) is 6.88. The van der Waals surface area contributed by atoms with Gasteiger partial charge in [-0.2, -0.15) is 0 Å². The molecule has 0 aliphatic carbocycles. The van der Waals surface area contributed by atoms with E-state index in [9.17, 15) is 9.59 Å². The lowest BCUT2D eigenvalue weighted by Crippen LogP contribution is -2.31. The monoisotopic (exact) mass is 294 g/mol. The Balaban J connectivity index is 1.68. The maximum absolute atomic E-state index is 12.3. The average molecular weight is 294 g/mol. The number of pyridine rings is 1. The van der Waals surface area contributed by atoms with Crippen LogP contribution in [0.25, 0.3) is 10.9 Å². The number of fused-ring (bicyclic) bond motifs is 1. The van der Waals surface area contributed by atoms with Crippen molar-refractivity contribution in [1.29, 1.82) is 0 Å². The summed E-state index contributed by atoms with van der Waals surface area (Å²) in [4.78, 5) is 32.3. The largest absolute Gasteiger partial charge is 0.350 e. The van der Waals surface area contributed by atoms with Crippen molar-refractivity contribution in [2.24, 2.45) is 0 Å². The molecule has 0 spiro atoms. The summed E-state index contributed by atoms with van der Waals surface area (Å²) in [5, 5.41) is 3.33. The van der Waals surface area contributed by atoms with E-state index >= 15 is 0 Å². The van der Waals surface area contributed by atoms with Gasteiger partial charge in [0, 0.05) is 25.5 Å². The molecule has 0 aliphatic heterocycles. The summed E-state index contributed by atoms with van der Waals surface area (Å²) >= 11 is 0. The van der Waals surface area contributed by atoms with Crippen LogP contribution in [0.5, 0.6) is 0 Å². The number of hydrogen-bond acceptors (Lipinski definition) is 4. The van der Waals surface area contributed by atoms with Crippen LogP contribution in [0.1, 0.15) is 10.4 Å². The Hall–Kier alpha value is -3.02. The third-order valence-corrected chi connectivity index (χ3v) is 3.29. The van der Waals surface area contributed by atoms with E-state index in [-0.39, 0.29) is 11.5 Å². The van der Waals surface area contributed by atoms with E-state index in [1.54, 1.807) is 36.5 Å². The SMILES string of the molecule is O=C(NCCn1cnc2ccccc2c1=O)c1cccnc1. The summed E-state index contributed by atoms with van der Waals surface area (Å²) < 4.78 is 1.49. The zero-order valence-electron chi connectivity index (χ0n) is 11.8. The van der Waals surface area contributed by atoms with Crippen molar-refractivity contribution < 1.29 is 4.79 Å². The molecule has 0 unspecified atom stereocenters. The highest BCUT2D eigenvalue weighted by atomic mass is 16.1. The molecular weight excluding hydrogens is 280 g/mol. The average Bonchev–Trinajstić information content (AvgIpc) is 2.58. The van der Waals surface area contributed by atoms with Gasteiger partial charge in [0.2, 0.25) is 0 Å². The molecule has 1 N–H and O–H groups in total. The minimum Gasteiger partial charge on any atom is -0.350 e. The fourth-order valence-electron chi connectivity index (χ4n) is 2.15. The van der Waals surface area contributed by atoms with E-state index in [0.717, 1.165) is 0 Å². The van der Waals surface area contributed by atoms with E-state index in [0.29, 0.717) is 29.6 Å². The van der Waals surface area contributed by atoms with Gasteiger partial charge in [-0.05, 0) is 24.3 Å². The second-order valence-electron chi connectivity index (χ2n) is 4.76. The zero-order chi connectivity index (χ0) is 15.4. The lowest BCUT2D eigenvalue weighted by Gasteiger charge is -2.08. The van der Waals surface area contributed by atoms with Gasteiger partial charge in [0.15, 0.2) is 0 Å². The number of nitrogens with zero attached hydrogens (tertiary/aromatic N) is 3. The van der Waals surface area contributed by atoms with Crippen LogP contribution >= 0.6 is 0 Å². The number of nitrogens with one attached hydrogen (secondary N) is 1. The lowest BCUT2D eigenvalue weighted by molar-refractivity contribution is 0.0952. The standard InChI is InChI=1S/C16H14N4O2/c21-15(12-4-3-7-17-10-12)18-8-9-20-11-19-14-6-2-1-5-13(14)16(20)22/h1-7,10-11H,8-9H2,(H,18,21). The highest BCUT2D eigenvalue weighted by Crippen LogP contribution is 2.04. The maximum Gasteiger partial charge on any atom is 0.261 e. The molecule has 1 aromatic carbocycles. The number of aromatic nitrogens is 3. The van der Waals surface area contributed by atoms with Crippen molar-refractivity contribution in [3.8, 4) is 0 Å². The Kier molecular flexibility index (Phi) is 3.91. The fourth-order valence-corrected chi connectivity index (χ4v) is 2.15. The highest BCUT2D eigenvalue weighted by Gasteiger charge is 2.06. The first-order chi connectivity index (χ1) is 10.8. The van der Waals surface area contributed by atoms with Crippen molar-refractivity contribution in [2.45, 2.75) is 6.54 Å². The van der Waals surface area contributed by atoms with Crippen LogP contribution in [-0.4, -0.2) is 27.0 Å². The van der Waals surface area contributed by atoms with E-state index in [2.05, 4.69) is 15.3 Å². The summed E-state index contributed by atoms with van der Waals surface area (Å²) in [7, 11) is 0. The molecule has 0 fully saturated rings. The fraction of sp³-hybridized carbons (Fsp3) is 0.125. The minimum absolute atomic E-state index is 0.110. The molecule has 0 aliphatic rings. The number of amides is 1. The molecule has 110 valence electrons. The van der Waals surface area contributed by atoms with Gasteiger partial charge in [0.25, 0.3) is 11.5 Å². The zero-order valence-corrected chi connectivity index (χ0v) is 11.8. The molecule has 0 radical (unpaired) electrons. The Morgan fingerprint density at radius 1 is 1.18 bits per heavy atom. The molecule has 0 bridgehead atoms. The van der Waals surface area contributed by atoms with Gasteiger partial charge in [0.05, 0.1) is 22.8 Å². The van der Waals surface area contributed by atoms with Crippen molar-refractivity contribution in [1.82, 2.24) is 19.9 Å². The third-order valence-electron chi connectivity index (χ3n) is 3.29. The Morgan fingerprint density at radius 2 is 2.05 bits per heavy atom. The number of benzene rings is 1. The molecule has 2 aromatic heterocycles. The number of para-hydroxylation sites is 1. The van der Waals surface area contributed by atoms with Crippen LogP contribution in [0.3, 0.4) is 0 Å². The van der Waals surface area contributed by atoms with Crippen LogP contribution in [0.15, 0.2) is 59.9 Å². The Bertz CT molecular complexity index is 859. The molecular formula is C16H14N4O2. The van der Waals surface area contributed by atoms with Crippen molar-refractivity contribution in [3.63, 3.8) is 0 Å². The molecule has 0 atom stereocenters. The quantitative estimate of drug-likeness (QED) is 0.785. The van der Waals surface area contributed by atoms with E-state index < -0.39 is 0 Å². The Morgan fingerprint density at radius 3 is 2.86 bits per heavy atom. The van der Waals surface area contributed by atoms with Gasteiger partial charge in [-0.3, -0.25) is 19.1 Å². The predicted octanol–water partition coefficient (Wildman–Crippen LogP) is 1.22. The van der Waals surface area contributed by atoms with E-state index in [1.807, 2.05) is 6.07 Å². The van der Waals surface area contributed by atoms with Crippen LogP contribution in [-0.2, 0) is 6.54 Å². The minimum atomic E-state index is -0.213. The second kappa shape index (κ2) is 6.17. The summed E-state index contributed by atoms with van der Waals surface area (Å²) in [6, 6.07) is 10.6. The topological polar surface area (TPSA) is 76.9 Å². The van der Waals surface area contributed by atoms with E-state index in [4.69, 9.17) is 0 Å². The number of rotatable bonds is 4. The highest BCUT2D eigenvalue weighted by molar-refractivity contribution is 5.93. The number of carbonyl (C=O) groups excluding carboxylic acids is 1. The van der Waals surface area contributed by atoms with Crippen LogP contribution < -0.4 is 10.9 Å². The number of carbonyl (C=O) groups is 1. The van der Waals surface area contributed by atoms with Crippen molar-refractivity contribution in [3.05, 3.63) is 71.0 Å². The molecule has 22 heavy (non-hydrogen) atoms. The summed E-state index contributed by atoms with van der Waals surface area (Å²) in [6.07, 6.45) is 4.61. The second-order valence-corrected chi connectivity index (χ2v) is 4.76. The van der Waals surface area contributed by atoms with Crippen LogP contribution in [0.2, 0.25) is 0 Å². The molecule has 6 nitrogen and oxygen atoms in total. The summed E-state index contributed by atoms with van der Waals surface area (Å²) in [5.41, 5.74) is 1.05. The van der Waals surface area contributed by atoms with Gasteiger partial charge in [-0.25, -0.2) is 4.98 Å². The van der Waals surface area contributed by atoms with E-state index in [1.165, 1.54) is 17.1 Å². The molecule has 2 heterocycles. The lowest BCUT2D eigenvalue weighted by atomic mass is 10.2. The molecule has 3 aromatic rings. The van der Waals surface area contributed by atoms with Crippen molar-refractivity contribution >= 4 is 16.8 Å². The molecule has 1 amide bonds. The van der Waals surface area contributed by atoms with Crippen LogP contribution in [0, 0.1) is 0 Å². The molecule has 0 saturated heterocycles. The smallest absolute Gasteiger partial charge is 0.261 e. The third kappa shape index (κ3) is 2.85. The van der Waals surface area contributed by atoms with Gasteiger partial charge in [0.1, 0.15) is 0 Å². The van der Waals surface area contributed by atoms with Crippen molar-refractivity contribution in [2.75, 3.05) is 6.54 Å². The maximum atomic E-state index is 12.3. The first-order valence-electron chi connectivity index (χ1n) is 6.88. The van der Waals surface area contributed by atoms with Gasteiger partial charge < -0.3 is 5.32 Å². The van der Waals surface area contributed by atoms with Gasteiger partial charge >= 0.3 is 0 Å². The van der Waals surface area contributed by atoms with Gasteiger partial charge in [-0.1, -0.05) is 12.1 Å². The Labute approximate surface area is 126 Å². The first kappa shape index (κ1) is 13.9. The van der Waals surface area contributed by atoms with Crippen LogP contribution in [0.4, 0.5) is 0 Å². The molecule has 3 rings (SSSR count). The number of hydrogen-bond donors (Lipinski definition) is 1. The summed E-state index contributed by atoms with van der Waals surface area (Å²) in [6.45, 7) is 0.705.